The van der Waals surface area contributed by atoms with Crippen LogP contribution in [0.5, 0.6) is 5.75 Å². The summed E-state index contributed by atoms with van der Waals surface area (Å²) in [7, 11) is 0. The summed E-state index contributed by atoms with van der Waals surface area (Å²) >= 11 is 1.59. The summed E-state index contributed by atoms with van der Waals surface area (Å²) in [4.78, 5) is 20.2. The number of hydrogen-bond donors (Lipinski definition) is 2. The van der Waals surface area contributed by atoms with Gasteiger partial charge in [0.05, 0.1) is 16.7 Å². The fourth-order valence-corrected chi connectivity index (χ4v) is 3.88. The number of hydrogen-bond acceptors (Lipinski definition) is 5. The molecule has 6 nitrogen and oxygen atoms in total. The summed E-state index contributed by atoms with van der Waals surface area (Å²) < 4.78 is 28.8. The SMILES string of the molecule is C/C(=N/NC(=O)c1ccc(CSc2nc3ccccc3[nH]2)cc1)c1ccc(OC(F)F)cc1. The van der Waals surface area contributed by atoms with Crippen LogP contribution in [0.1, 0.15) is 28.4 Å². The number of benzene rings is 3. The number of fused-ring (bicyclic) bond motifs is 1. The largest absolute Gasteiger partial charge is 0.435 e. The molecule has 0 radical (unpaired) electrons. The molecule has 4 rings (SSSR count). The fourth-order valence-electron chi connectivity index (χ4n) is 3.04. The maximum Gasteiger partial charge on any atom is 0.387 e. The Bertz CT molecular complexity index is 1240. The lowest BCUT2D eigenvalue weighted by Gasteiger charge is -2.06. The van der Waals surface area contributed by atoms with Gasteiger partial charge in [-0.25, -0.2) is 10.4 Å². The Morgan fingerprint density at radius 2 is 1.76 bits per heavy atom. The van der Waals surface area contributed by atoms with E-state index in [4.69, 9.17) is 0 Å². The second-order valence-electron chi connectivity index (χ2n) is 7.09. The van der Waals surface area contributed by atoms with Crippen LogP contribution in [-0.2, 0) is 5.75 Å². The summed E-state index contributed by atoms with van der Waals surface area (Å²) in [6.07, 6.45) is 0. The molecule has 33 heavy (non-hydrogen) atoms. The van der Waals surface area contributed by atoms with Gasteiger partial charge in [0, 0.05) is 11.3 Å². The number of imidazole rings is 1. The maximum absolute atomic E-state index is 12.4. The van der Waals surface area contributed by atoms with E-state index in [2.05, 4.69) is 25.2 Å². The Hall–Kier alpha value is -3.72. The predicted molar refractivity (Wildman–Crippen MR) is 125 cm³/mol. The molecule has 0 aliphatic rings. The van der Waals surface area contributed by atoms with Crippen LogP contribution in [0.4, 0.5) is 8.78 Å². The minimum atomic E-state index is -2.87. The third-order valence-corrected chi connectivity index (χ3v) is 5.73. The van der Waals surface area contributed by atoms with E-state index < -0.39 is 6.61 Å². The van der Waals surface area contributed by atoms with Crippen molar-refractivity contribution in [2.75, 3.05) is 0 Å². The quantitative estimate of drug-likeness (QED) is 0.201. The topological polar surface area (TPSA) is 79.4 Å². The minimum absolute atomic E-state index is 0.0594. The van der Waals surface area contributed by atoms with Gasteiger partial charge in [0.15, 0.2) is 5.16 Å². The number of thioether (sulfide) groups is 1. The molecule has 1 amide bonds. The molecule has 1 heterocycles. The van der Waals surface area contributed by atoms with E-state index in [9.17, 15) is 13.6 Å². The number of aromatic amines is 1. The number of ether oxygens (including phenoxy) is 1. The Balaban J connectivity index is 1.32. The van der Waals surface area contributed by atoms with Gasteiger partial charge in [0.1, 0.15) is 5.75 Å². The first-order chi connectivity index (χ1) is 16.0. The van der Waals surface area contributed by atoms with E-state index in [1.165, 1.54) is 12.1 Å². The Kier molecular flexibility index (Phi) is 6.99. The van der Waals surface area contributed by atoms with Crippen molar-refractivity contribution >= 4 is 34.4 Å². The van der Waals surface area contributed by atoms with Crippen molar-refractivity contribution in [2.45, 2.75) is 24.4 Å². The van der Waals surface area contributed by atoms with Crippen LogP contribution in [0.15, 0.2) is 83.1 Å². The van der Waals surface area contributed by atoms with Crippen molar-refractivity contribution in [3.8, 4) is 5.75 Å². The van der Waals surface area contributed by atoms with Gasteiger partial charge in [0.25, 0.3) is 5.91 Å². The molecule has 0 saturated carbocycles. The zero-order valence-corrected chi connectivity index (χ0v) is 18.4. The lowest BCUT2D eigenvalue weighted by molar-refractivity contribution is -0.0498. The number of para-hydroxylation sites is 2. The van der Waals surface area contributed by atoms with Crippen molar-refractivity contribution in [1.82, 2.24) is 15.4 Å². The molecule has 3 aromatic carbocycles. The highest BCUT2D eigenvalue weighted by Gasteiger charge is 2.08. The summed E-state index contributed by atoms with van der Waals surface area (Å²) in [5.41, 5.74) is 7.19. The number of carbonyl (C=O) groups excluding carboxylic acids is 1. The van der Waals surface area contributed by atoms with Gasteiger partial charge in [-0.1, -0.05) is 36.0 Å². The number of halogens is 2. The van der Waals surface area contributed by atoms with E-state index in [-0.39, 0.29) is 11.7 Å². The standard InChI is InChI=1S/C24H20F2N4O2S/c1-15(17-10-12-19(13-11-17)32-23(25)26)29-30-22(31)18-8-6-16(7-9-18)14-33-24-27-20-4-2-3-5-21(20)28-24/h2-13,23H,14H2,1H3,(H,27,28)(H,30,31)/b29-15-. The van der Waals surface area contributed by atoms with Gasteiger partial charge in [-0.2, -0.15) is 13.9 Å². The van der Waals surface area contributed by atoms with Gasteiger partial charge in [-0.05, 0) is 66.6 Å². The molecule has 1 aromatic heterocycles. The van der Waals surface area contributed by atoms with Gasteiger partial charge in [-0.15, -0.1) is 0 Å². The van der Waals surface area contributed by atoms with Gasteiger partial charge in [0.2, 0.25) is 0 Å². The average Bonchev–Trinajstić information content (AvgIpc) is 3.24. The molecule has 0 spiro atoms. The molecule has 0 fully saturated rings. The second kappa shape index (κ2) is 10.3. The second-order valence-corrected chi connectivity index (χ2v) is 8.05. The molecule has 2 N–H and O–H groups in total. The highest BCUT2D eigenvalue weighted by Crippen LogP contribution is 2.23. The first-order valence-electron chi connectivity index (χ1n) is 10.0. The number of nitrogens with one attached hydrogen (secondary N) is 2. The van der Waals surface area contributed by atoms with Gasteiger partial charge < -0.3 is 9.72 Å². The van der Waals surface area contributed by atoms with Gasteiger partial charge in [-0.3, -0.25) is 4.79 Å². The number of carbonyl (C=O) groups is 1. The van der Waals surface area contributed by atoms with Gasteiger partial charge >= 0.3 is 6.61 Å². The molecule has 0 aliphatic carbocycles. The normalized spacial score (nSPS) is 11.7. The maximum atomic E-state index is 12.4. The smallest absolute Gasteiger partial charge is 0.387 e. The van der Waals surface area contributed by atoms with Crippen LogP contribution in [0, 0.1) is 0 Å². The van der Waals surface area contributed by atoms with Crippen molar-refractivity contribution in [3.05, 3.63) is 89.5 Å². The summed E-state index contributed by atoms with van der Waals surface area (Å²) in [6, 6.07) is 21.2. The fraction of sp³-hybridized carbons (Fsp3) is 0.125. The lowest BCUT2D eigenvalue weighted by atomic mass is 10.1. The number of hydrazone groups is 1. The number of nitrogens with zero attached hydrogens (tertiary/aromatic N) is 2. The van der Waals surface area contributed by atoms with Crippen molar-refractivity contribution in [1.29, 1.82) is 0 Å². The Morgan fingerprint density at radius 1 is 1.06 bits per heavy atom. The lowest BCUT2D eigenvalue weighted by Crippen LogP contribution is -2.19. The van der Waals surface area contributed by atoms with Crippen LogP contribution in [-0.4, -0.2) is 28.2 Å². The van der Waals surface area contributed by atoms with Crippen LogP contribution in [0.3, 0.4) is 0 Å². The molecule has 4 aromatic rings. The number of H-pyrrole nitrogens is 1. The van der Waals surface area contributed by atoms with Crippen molar-refractivity contribution in [3.63, 3.8) is 0 Å². The van der Waals surface area contributed by atoms with Crippen molar-refractivity contribution < 1.29 is 18.3 Å². The zero-order chi connectivity index (χ0) is 23.2. The van der Waals surface area contributed by atoms with E-state index in [1.54, 1.807) is 43.0 Å². The molecule has 0 aliphatic heterocycles. The van der Waals surface area contributed by atoms with E-state index in [0.717, 1.165) is 21.8 Å². The van der Waals surface area contributed by atoms with E-state index >= 15 is 0 Å². The van der Waals surface area contributed by atoms with Crippen LogP contribution >= 0.6 is 11.8 Å². The molecule has 168 valence electrons. The van der Waals surface area contributed by atoms with Crippen LogP contribution < -0.4 is 10.2 Å². The monoisotopic (exact) mass is 466 g/mol. The average molecular weight is 467 g/mol. The number of rotatable bonds is 8. The zero-order valence-electron chi connectivity index (χ0n) is 17.6. The first kappa shape index (κ1) is 22.5. The Morgan fingerprint density at radius 3 is 2.45 bits per heavy atom. The minimum Gasteiger partial charge on any atom is -0.435 e. The molecular formula is C24H20F2N4O2S. The first-order valence-corrected chi connectivity index (χ1v) is 11.0. The van der Waals surface area contributed by atoms with Crippen LogP contribution in [0.2, 0.25) is 0 Å². The van der Waals surface area contributed by atoms with E-state index in [0.29, 0.717) is 22.6 Å². The van der Waals surface area contributed by atoms with E-state index in [1.807, 2.05) is 36.4 Å². The Labute approximate surface area is 193 Å². The molecule has 9 heteroatoms. The molecular weight excluding hydrogens is 446 g/mol. The third-order valence-electron chi connectivity index (χ3n) is 4.78. The number of alkyl halides is 2. The summed E-state index contributed by atoms with van der Waals surface area (Å²) in [5.74, 6) is 0.428. The van der Waals surface area contributed by atoms with Crippen molar-refractivity contribution in [2.24, 2.45) is 5.10 Å². The summed E-state index contributed by atoms with van der Waals surface area (Å²) in [6.45, 7) is -1.16. The molecule has 0 atom stereocenters. The number of amides is 1. The third kappa shape index (κ3) is 5.95. The molecule has 0 saturated heterocycles. The van der Waals surface area contributed by atoms with Crippen LogP contribution in [0.25, 0.3) is 11.0 Å². The molecule has 0 unspecified atom stereocenters. The predicted octanol–water partition coefficient (Wildman–Crippen LogP) is 5.61. The summed E-state index contributed by atoms with van der Waals surface area (Å²) in [5, 5.41) is 4.94. The highest BCUT2D eigenvalue weighted by molar-refractivity contribution is 7.98. The molecule has 0 bridgehead atoms. The number of aromatic nitrogens is 2. The highest BCUT2D eigenvalue weighted by atomic mass is 32.2.